The smallest absolute Gasteiger partial charge is 0.410 e. The third-order valence-corrected chi connectivity index (χ3v) is 2.21. The second-order valence-electron chi connectivity index (χ2n) is 3.28. The average Bonchev–Trinajstić information content (AvgIpc) is 2.89. The molecule has 0 unspecified atom stereocenters. The fourth-order valence-electron chi connectivity index (χ4n) is 1.41. The van der Waals surface area contributed by atoms with Crippen molar-refractivity contribution in [2.24, 2.45) is 5.84 Å². The second kappa shape index (κ2) is 4.23. The van der Waals surface area contributed by atoms with Crippen molar-refractivity contribution >= 4 is 12.0 Å². The van der Waals surface area contributed by atoms with Crippen LogP contribution in [0.3, 0.4) is 0 Å². The predicted octanol–water partition coefficient (Wildman–Crippen LogP) is -0.165. The summed E-state index contributed by atoms with van der Waals surface area (Å²) >= 11 is 0. The summed E-state index contributed by atoms with van der Waals surface area (Å²) < 4.78 is 9.96. The Morgan fingerprint density at radius 1 is 1.56 bits per heavy atom. The number of rotatable bonds is 3. The number of hydrogen-bond acceptors (Lipinski definition) is 5. The van der Waals surface area contributed by atoms with Crippen molar-refractivity contribution in [3.05, 3.63) is 23.7 Å². The number of hydrazine groups is 1. The van der Waals surface area contributed by atoms with E-state index in [0.717, 1.165) is 0 Å². The molecule has 7 heteroatoms. The normalized spacial score (nSPS) is 15.1. The quantitative estimate of drug-likeness (QED) is 0.423. The molecule has 2 heterocycles. The van der Waals surface area contributed by atoms with Crippen molar-refractivity contribution in [1.29, 1.82) is 0 Å². The zero-order chi connectivity index (χ0) is 11.5. The van der Waals surface area contributed by atoms with E-state index in [0.29, 0.717) is 18.9 Å². The summed E-state index contributed by atoms with van der Waals surface area (Å²) in [6.45, 7) is 1.20. The zero-order valence-electron chi connectivity index (χ0n) is 8.43. The van der Waals surface area contributed by atoms with Gasteiger partial charge >= 0.3 is 12.0 Å². The first-order valence-electron chi connectivity index (χ1n) is 4.72. The molecule has 0 spiro atoms. The van der Waals surface area contributed by atoms with E-state index in [1.807, 2.05) is 5.43 Å². The average molecular weight is 225 g/mol. The summed E-state index contributed by atoms with van der Waals surface area (Å²) in [4.78, 5) is 23.7. The number of carbonyl (C=O) groups excluding carboxylic acids is 2. The number of amides is 2. The molecule has 0 radical (unpaired) electrons. The van der Waals surface area contributed by atoms with Crippen molar-refractivity contribution in [3.8, 4) is 0 Å². The van der Waals surface area contributed by atoms with E-state index in [4.69, 9.17) is 15.0 Å². The van der Waals surface area contributed by atoms with Gasteiger partial charge in [0.25, 0.3) is 0 Å². The fourth-order valence-corrected chi connectivity index (χ4v) is 1.41. The molecule has 1 saturated heterocycles. The maximum absolute atomic E-state index is 11.1. The maximum atomic E-state index is 11.1. The van der Waals surface area contributed by atoms with Gasteiger partial charge in [0.1, 0.15) is 12.4 Å². The van der Waals surface area contributed by atoms with E-state index >= 15 is 0 Å². The van der Waals surface area contributed by atoms with Crippen LogP contribution in [0.2, 0.25) is 0 Å². The molecule has 1 aliphatic heterocycles. The highest BCUT2D eigenvalue weighted by Crippen LogP contribution is 2.13. The molecule has 3 N–H and O–H groups in total. The van der Waals surface area contributed by atoms with Crippen LogP contribution in [0.5, 0.6) is 0 Å². The summed E-state index contributed by atoms with van der Waals surface area (Å²) in [5.41, 5.74) is 1.96. The molecule has 1 fully saturated rings. The van der Waals surface area contributed by atoms with Gasteiger partial charge in [-0.2, -0.15) is 0 Å². The summed E-state index contributed by atoms with van der Waals surface area (Å²) in [6.07, 6.45) is -0.374. The Labute approximate surface area is 91.1 Å². The molecule has 7 nitrogen and oxygen atoms in total. The highest BCUT2D eigenvalue weighted by atomic mass is 16.6. The molecule has 1 aromatic heterocycles. The van der Waals surface area contributed by atoms with Gasteiger partial charge in [-0.3, -0.25) is 15.1 Å². The number of carbonyl (C=O) groups is 2. The molecule has 0 bridgehead atoms. The minimum absolute atomic E-state index is 0.116. The second-order valence-corrected chi connectivity index (χ2v) is 3.28. The Morgan fingerprint density at radius 2 is 2.38 bits per heavy atom. The lowest BCUT2D eigenvalue weighted by atomic mass is 10.4. The molecule has 0 saturated carbocycles. The summed E-state index contributed by atoms with van der Waals surface area (Å²) in [5.74, 6) is 5.08. The van der Waals surface area contributed by atoms with Gasteiger partial charge in [0.2, 0.25) is 0 Å². The lowest BCUT2D eigenvalue weighted by Crippen LogP contribution is -2.29. The molecule has 16 heavy (non-hydrogen) atoms. The Bertz CT molecular complexity index is 415. The Hall–Kier alpha value is -2.02. The monoisotopic (exact) mass is 225 g/mol. The van der Waals surface area contributed by atoms with E-state index in [1.54, 1.807) is 6.07 Å². The standard InChI is InChI=1S/C9H11N3O4/c10-11-8(13)7-2-1-6(16-7)5-12-3-4-15-9(12)14/h1-2H,3-5,10H2,(H,11,13). The number of nitrogens with zero attached hydrogens (tertiary/aromatic N) is 1. The Kier molecular flexibility index (Phi) is 2.78. The maximum Gasteiger partial charge on any atom is 0.410 e. The lowest BCUT2D eigenvalue weighted by Gasteiger charge is -2.09. The van der Waals surface area contributed by atoms with Gasteiger partial charge in [-0.15, -0.1) is 0 Å². The van der Waals surface area contributed by atoms with E-state index in [-0.39, 0.29) is 18.4 Å². The van der Waals surface area contributed by atoms with Crippen molar-refractivity contribution < 1.29 is 18.7 Å². The van der Waals surface area contributed by atoms with Gasteiger partial charge in [0.05, 0.1) is 13.1 Å². The van der Waals surface area contributed by atoms with Gasteiger partial charge in [-0.25, -0.2) is 10.6 Å². The largest absolute Gasteiger partial charge is 0.454 e. The third kappa shape index (κ3) is 1.98. The Balaban J connectivity index is 2.02. The first-order valence-corrected chi connectivity index (χ1v) is 4.72. The predicted molar refractivity (Wildman–Crippen MR) is 52.1 cm³/mol. The SMILES string of the molecule is NNC(=O)c1ccc(CN2CCOC2=O)o1. The summed E-state index contributed by atoms with van der Waals surface area (Å²) in [5, 5.41) is 0. The molecule has 1 aliphatic rings. The summed E-state index contributed by atoms with van der Waals surface area (Å²) in [6, 6.07) is 3.12. The van der Waals surface area contributed by atoms with Crippen LogP contribution in [0.25, 0.3) is 0 Å². The van der Waals surface area contributed by atoms with Crippen LogP contribution < -0.4 is 11.3 Å². The number of cyclic esters (lactones) is 1. The highest BCUT2D eigenvalue weighted by Gasteiger charge is 2.23. The van der Waals surface area contributed by atoms with Crippen LogP contribution in [0.15, 0.2) is 16.5 Å². The zero-order valence-corrected chi connectivity index (χ0v) is 8.43. The number of ether oxygens (including phenoxy) is 1. The van der Waals surface area contributed by atoms with E-state index in [1.165, 1.54) is 11.0 Å². The van der Waals surface area contributed by atoms with Crippen LogP contribution in [0.4, 0.5) is 4.79 Å². The van der Waals surface area contributed by atoms with E-state index in [2.05, 4.69) is 0 Å². The van der Waals surface area contributed by atoms with Crippen LogP contribution in [-0.4, -0.2) is 30.1 Å². The van der Waals surface area contributed by atoms with Gasteiger partial charge in [0, 0.05) is 0 Å². The number of nitrogens with two attached hydrogens (primary N) is 1. The molecule has 0 aliphatic carbocycles. The molecule has 0 aromatic carbocycles. The third-order valence-electron chi connectivity index (χ3n) is 2.21. The molecule has 1 aromatic rings. The van der Waals surface area contributed by atoms with Crippen LogP contribution in [0, 0.1) is 0 Å². The Morgan fingerprint density at radius 3 is 3.00 bits per heavy atom. The molecule has 86 valence electrons. The number of nitrogen functional groups attached to an aromatic ring is 1. The minimum Gasteiger partial charge on any atom is -0.454 e. The first kappa shape index (κ1) is 10.5. The van der Waals surface area contributed by atoms with Crippen LogP contribution >= 0.6 is 0 Å². The van der Waals surface area contributed by atoms with Gasteiger partial charge in [-0.1, -0.05) is 0 Å². The van der Waals surface area contributed by atoms with Gasteiger partial charge in [-0.05, 0) is 12.1 Å². The van der Waals surface area contributed by atoms with Crippen molar-refractivity contribution in [2.75, 3.05) is 13.2 Å². The molecular weight excluding hydrogens is 214 g/mol. The van der Waals surface area contributed by atoms with E-state index < -0.39 is 5.91 Å². The first-order chi connectivity index (χ1) is 7.70. The van der Waals surface area contributed by atoms with Crippen LogP contribution in [-0.2, 0) is 11.3 Å². The molecular formula is C9H11N3O4. The number of furan rings is 1. The van der Waals surface area contributed by atoms with Gasteiger partial charge < -0.3 is 9.15 Å². The minimum atomic E-state index is -0.504. The van der Waals surface area contributed by atoms with Crippen molar-refractivity contribution in [3.63, 3.8) is 0 Å². The number of nitrogens with one attached hydrogen (secondary N) is 1. The number of hydrogen-bond donors (Lipinski definition) is 2. The molecule has 2 amide bonds. The fraction of sp³-hybridized carbons (Fsp3) is 0.333. The lowest BCUT2D eigenvalue weighted by molar-refractivity contribution is 0.0923. The van der Waals surface area contributed by atoms with E-state index in [9.17, 15) is 9.59 Å². The summed E-state index contributed by atoms with van der Waals surface area (Å²) in [7, 11) is 0. The van der Waals surface area contributed by atoms with Gasteiger partial charge in [0.15, 0.2) is 5.76 Å². The van der Waals surface area contributed by atoms with Crippen molar-refractivity contribution in [1.82, 2.24) is 10.3 Å². The molecule has 0 atom stereocenters. The topological polar surface area (TPSA) is 97.8 Å². The van der Waals surface area contributed by atoms with Crippen molar-refractivity contribution in [2.45, 2.75) is 6.54 Å². The molecule has 2 rings (SSSR count). The van der Waals surface area contributed by atoms with Crippen LogP contribution in [0.1, 0.15) is 16.3 Å². The highest BCUT2D eigenvalue weighted by molar-refractivity contribution is 5.90.